The van der Waals surface area contributed by atoms with E-state index >= 15 is 0 Å². The molecule has 0 bridgehead atoms. The summed E-state index contributed by atoms with van der Waals surface area (Å²) in [6.45, 7) is 6.16. The molecule has 0 radical (unpaired) electrons. The monoisotopic (exact) mass is 730 g/mol. The van der Waals surface area contributed by atoms with E-state index in [4.69, 9.17) is 42.1 Å². The largest absolute Gasteiger partial charge is 0.497 e. The fourth-order valence-electron chi connectivity index (χ4n) is 4.87. The number of ether oxygens (including phenoxy) is 4. The summed E-state index contributed by atoms with van der Waals surface area (Å²) in [5.74, 6) is 1.14. The van der Waals surface area contributed by atoms with Crippen molar-refractivity contribution in [3.8, 4) is 17.2 Å². The lowest BCUT2D eigenvalue weighted by molar-refractivity contribution is -0.139. The number of fused-ring (bicyclic) bond motifs is 1. The zero-order chi connectivity index (χ0) is 32.2. The minimum absolute atomic E-state index is 0.192. The first-order valence-corrected chi connectivity index (χ1v) is 16.4. The number of esters is 1. The number of hydrogen-bond donors (Lipinski definition) is 0. The molecule has 5 rings (SSSR count). The number of halogens is 3. The molecule has 234 valence electrons. The van der Waals surface area contributed by atoms with E-state index in [2.05, 4.69) is 20.9 Å². The molecule has 0 spiro atoms. The number of aromatic nitrogens is 1. The predicted molar refractivity (Wildman–Crippen MR) is 179 cm³/mol. The van der Waals surface area contributed by atoms with E-state index in [0.29, 0.717) is 64.5 Å². The molecule has 0 saturated heterocycles. The molecule has 2 heterocycles. The van der Waals surface area contributed by atoms with Crippen LogP contribution in [0.5, 0.6) is 17.2 Å². The number of nitrogens with zero attached hydrogens (tertiary/aromatic N) is 2. The van der Waals surface area contributed by atoms with Gasteiger partial charge in [0, 0.05) is 20.1 Å². The Hall–Kier alpha value is -3.57. The molecule has 1 aromatic heterocycles. The standard InChI is InChI=1S/C33H29BrCl2N2O6S/c1-5-42-26-13-21(24(34)16-27(26)44-17-20-7-10-22(35)15-25(20)36)14-28-31(39)38-30(19-8-11-23(41-4)12-9-19)29(32(40)43-6-2)18(3)37-33(38)45-28/h7-16,30H,5-6,17H2,1-4H3/b28-14-/t30-/m0/s1. The zero-order valence-corrected chi connectivity index (χ0v) is 28.8. The molecule has 1 aliphatic heterocycles. The molecule has 4 aromatic rings. The maximum Gasteiger partial charge on any atom is 0.338 e. The van der Waals surface area contributed by atoms with Crippen LogP contribution in [0.3, 0.4) is 0 Å². The SMILES string of the molecule is CCOC(=O)C1=C(C)N=c2s/c(=C\c3cc(OCC)c(OCc4ccc(Cl)cc4Cl)cc3Br)c(=O)n2[C@H]1c1ccc(OC)cc1. The summed E-state index contributed by atoms with van der Waals surface area (Å²) in [6.07, 6.45) is 1.77. The van der Waals surface area contributed by atoms with Crippen LogP contribution in [0.1, 0.15) is 43.5 Å². The summed E-state index contributed by atoms with van der Waals surface area (Å²) in [7, 11) is 1.58. The fraction of sp³-hybridized carbons (Fsp3) is 0.242. The molecule has 0 amide bonds. The number of carbonyl (C=O) groups is 1. The van der Waals surface area contributed by atoms with Crippen LogP contribution in [0.25, 0.3) is 6.08 Å². The number of benzene rings is 3. The van der Waals surface area contributed by atoms with Crippen LogP contribution < -0.4 is 29.1 Å². The van der Waals surface area contributed by atoms with Crippen molar-refractivity contribution >= 4 is 62.5 Å². The van der Waals surface area contributed by atoms with E-state index < -0.39 is 12.0 Å². The summed E-state index contributed by atoms with van der Waals surface area (Å²) >= 11 is 17.2. The topological polar surface area (TPSA) is 88.4 Å². The van der Waals surface area contributed by atoms with Gasteiger partial charge in [-0.3, -0.25) is 9.36 Å². The molecule has 1 aliphatic rings. The Morgan fingerprint density at radius 1 is 1.04 bits per heavy atom. The summed E-state index contributed by atoms with van der Waals surface area (Å²) in [4.78, 5) is 32.3. The van der Waals surface area contributed by atoms with Gasteiger partial charge in [-0.15, -0.1) is 0 Å². The van der Waals surface area contributed by atoms with Gasteiger partial charge in [-0.1, -0.05) is 68.7 Å². The van der Waals surface area contributed by atoms with E-state index in [1.54, 1.807) is 68.0 Å². The number of hydrogen-bond acceptors (Lipinski definition) is 8. The highest BCUT2D eigenvalue weighted by Gasteiger charge is 2.33. The van der Waals surface area contributed by atoms with Crippen LogP contribution in [-0.4, -0.2) is 30.9 Å². The Labute approximate surface area is 282 Å². The lowest BCUT2D eigenvalue weighted by atomic mass is 9.96. The Bertz CT molecular complexity index is 1970. The quantitative estimate of drug-likeness (QED) is 0.166. The Balaban J connectivity index is 1.58. The Morgan fingerprint density at radius 2 is 1.78 bits per heavy atom. The molecule has 0 fully saturated rings. The van der Waals surface area contributed by atoms with Gasteiger partial charge in [0.05, 0.1) is 42.2 Å². The third-order valence-corrected chi connectivity index (χ3v) is 9.25. The smallest absolute Gasteiger partial charge is 0.338 e. The van der Waals surface area contributed by atoms with E-state index in [-0.39, 0.29) is 18.8 Å². The Morgan fingerprint density at radius 3 is 2.44 bits per heavy atom. The van der Waals surface area contributed by atoms with Gasteiger partial charge >= 0.3 is 5.97 Å². The number of allylic oxidation sites excluding steroid dienone is 1. The Kier molecular flexibility index (Phi) is 10.4. The molecule has 0 aliphatic carbocycles. The third kappa shape index (κ3) is 6.99. The van der Waals surface area contributed by atoms with E-state index in [1.165, 1.54) is 11.3 Å². The van der Waals surface area contributed by atoms with E-state index in [0.717, 1.165) is 11.1 Å². The van der Waals surface area contributed by atoms with Crippen molar-refractivity contribution in [1.82, 2.24) is 4.57 Å². The second-order valence-corrected chi connectivity index (χ2v) is 12.6. The van der Waals surface area contributed by atoms with Gasteiger partial charge in [0.1, 0.15) is 12.4 Å². The van der Waals surface area contributed by atoms with Gasteiger partial charge < -0.3 is 18.9 Å². The van der Waals surface area contributed by atoms with Crippen LogP contribution >= 0.6 is 50.5 Å². The average Bonchev–Trinajstić information content (AvgIpc) is 3.32. The van der Waals surface area contributed by atoms with Crippen LogP contribution in [0, 0.1) is 0 Å². The minimum Gasteiger partial charge on any atom is -0.497 e. The lowest BCUT2D eigenvalue weighted by Crippen LogP contribution is -2.39. The van der Waals surface area contributed by atoms with Crippen molar-refractivity contribution in [2.45, 2.75) is 33.4 Å². The molecular formula is C33H29BrCl2N2O6S. The summed E-state index contributed by atoms with van der Waals surface area (Å²) in [5, 5.41) is 1.04. The van der Waals surface area contributed by atoms with Crippen LogP contribution in [0.2, 0.25) is 10.0 Å². The van der Waals surface area contributed by atoms with Crippen LogP contribution in [-0.2, 0) is 16.1 Å². The van der Waals surface area contributed by atoms with E-state index in [1.807, 2.05) is 25.1 Å². The molecule has 0 saturated carbocycles. The molecule has 8 nitrogen and oxygen atoms in total. The number of carbonyl (C=O) groups excluding carboxylic acids is 1. The van der Waals surface area contributed by atoms with Crippen molar-refractivity contribution < 1.29 is 23.7 Å². The van der Waals surface area contributed by atoms with Gasteiger partial charge in [0.25, 0.3) is 5.56 Å². The molecular weight excluding hydrogens is 703 g/mol. The number of thiazole rings is 1. The molecule has 0 N–H and O–H groups in total. The molecule has 3 aromatic carbocycles. The minimum atomic E-state index is -0.730. The fourth-order valence-corrected chi connectivity index (χ4v) is 6.81. The normalized spacial score (nSPS) is 14.6. The van der Waals surface area contributed by atoms with Crippen LogP contribution in [0.4, 0.5) is 0 Å². The van der Waals surface area contributed by atoms with Crippen molar-refractivity contribution in [2.75, 3.05) is 20.3 Å². The highest BCUT2D eigenvalue weighted by Crippen LogP contribution is 2.36. The van der Waals surface area contributed by atoms with Gasteiger partial charge in [-0.05, 0) is 74.4 Å². The third-order valence-electron chi connectivity index (χ3n) is 7.00. The van der Waals surface area contributed by atoms with Gasteiger partial charge in [0.2, 0.25) is 0 Å². The lowest BCUT2D eigenvalue weighted by Gasteiger charge is -2.24. The highest BCUT2D eigenvalue weighted by molar-refractivity contribution is 9.10. The van der Waals surface area contributed by atoms with Gasteiger partial charge in [-0.25, -0.2) is 9.79 Å². The number of rotatable bonds is 10. The maximum absolute atomic E-state index is 14.1. The van der Waals surface area contributed by atoms with Crippen molar-refractivity contribution in [1.29, 1.82) is 0 Å². The molecule has 1 atom stereocenters. The van der Waals surface area contributed by atoms with Crippen molar-refractivity contribution in [3.05, 3.63) is 117 Å². The second kappa shape index (κ2) is 14.2. The zero-order valence-electron chi connectivity index (χ0n) is 24.9. The highest BCUT2D eigenvalue weighted by atomic mass is 79.9. The van der Waals surface area contributed by atoms with E-state index in [9.17, 15) is 9.59 Å². The number of methoxy groups -OCH3 is 1. The maximum atomic E-state index is 14.1. The second-order valence-electron chi connectivity index (χ2n) is 9.85. The van der Waals surface area contributed by atoms with Gasteiger partial charge in [0.15, 0.2) is 16.3 Å². The first kappa shape index (κ1) is 32.8. The predicted octanol–water partition coefficient (Wildman–Crippen LogP) is 6.85. The first-order valence-electron chi connectivity index (χ1n) is 14.0. The van der Waals surface area contributed by atoms with Crippen LogP contribution in [0.15, 0.2) is 80.1 Å². The molecule has 45 heavy (non-hydrogen) atoms. The molecule has 12 heteroatoms. The summed E-state index contributed by atoms with van der Waals surface area (Å²) in [6, 6.07) is 15.3. The summed E-state index contributed by atoms with van der Waals surface area (Å²) < 4.78 is 25.3. The first-order chi connectivity index (χ1) is 21.6. The van der Waals surface area contributed by atoms with Crippen molar-refractivity contribution in [3.63, 3.8) is 0 Å². The van der Waals surface area contributed by atoms with Crippen molar-refractivity contribution in [2.24, 2.45) is 4.99 Å². The summed E-state index contributed by atoms with van der Waals surface area (Å²) in [5.41, 5.74) is 2.70. The van der Waals surface area contributed by atoms with Gasteiger partial charge in [-0.2, -0.15) is 0 Å². The molecule has 0 unspecified atom stereocenters. The average molecular weight is 732 g/mol.